The van der Waals surface area contributed by atoms with Gasteiger partial charge in [0.1, 0.15) is 0 Å². The first kappa shape index (κ1) is 13.8. The van der Waals surface area contributed by atoms with Crippen molar-refractivity contribution in [1.82, 2.24) is 0 Å². The summed E-state index contributed by atoms with van der Waals surface area (Å²) < 4.78 is 11.6. The van der Waals surface area contributed by atoms with Crippen LogP contribution in [0.1, 0.15) is 46.0 Å². The van der Waals surface area contributed by atoms with Crippen LogP contribution in [0.15, 0.2) is 0 Å². The fourth-order valence-electron chi connectivity index (χ4n) is 3.17. The van der Waals surface area contributed by atoms with E-state index in [-0.39, 0.29) is 0 Å². The van der Waals surface area contributed by atoms with Crippen molar-refractivity contribution < 1.29 is 9.47 Å². The average Bonchev–Trinajstić information content (AvgIpc) is 2.78. The fraction of sp³-hybridized carbons (Fsp3) is 1.00. The van der Waals surface area contributed by atoms with Gasteiger partial charge < -0.3 is 9.47 Å². The summed E-state index contributed by atoms with van der Waals surface area (Å²) in [5.74, 6) is 0.617. The first-order valence-corrected chi connectivity index (χ1v) is 7.90. The SMILES string of the molecule is CC(C)COCCOC1CC(Br)C12CCCC2. The summed E-state index contributed by atoms with van der Waals surface area (Å²) in [6.07, 6.45) is 7.12. The van der Waals surface area contributed by atoms with E-state index in [0.29, 0.717) is 22.3 Å². The quantitative estimate of drug-likeness (QED) is 0.549. The second-order valence-electron chi connectivity index (χ2n) is 5.97. The second kappa shape index (κ2) is 6.03. The van der Waals surface area contributed by atoms with E-state index in [1.54, 1.807) is 0 Å². The molecular weight excluding hydrogens is 280 g/mol. The molecule has 2 nitrogen and oxygen atoms in total. The van der Waals surface area contributed by atoms with Gasteiger partial charge in [0.25, 0.3) is 0 Å². The molecule has 2 fully saturated rings. The van der Waals surface area contributed by atoms with Crippen molar-refractivity contribution in [2.45, 2.75) is 56.9 Å². The van der Waals surface area contributed by atoms with Gasteiger partial charge >= 0.3 is 0 Å². The predicted octanol–water partition coefficient (Wildman–Crippen LogP) is 3.77. The van der Waals surface area contributed by atoms with Crippen LogP contribution in [0.5, 0.6) is 0 Å². The van der Waals surface area contributed by atoms with Crippen LogP contribution in [0.3, 0.4) is 0 Å². The van der Waals surface area contributed by atoms with E-state index in [1.165, 1.54) is 32.1 Å². The van der Waals surface area contributed by atoms with Gasteiger partial charge in [0.15, 0.2) is 0 Å². The Morgan fingerprint density at radius 1 is 1.24 bits per heavy atom. The van der Waals surface area contributed by atoms with Gasteiger partial charge in [-0.25, -0.2) is 0 Å². The van der Waals surface area contributed by atoms with Gasteiger partial charge in [-0.2, -0.15) is 0 Å². The zero-order valence-corrected chi connectivity index (χ0v) is 12.7. The highest BCUT2D eigenvalue weighted by Gasteiger charge is 2.55. The van der Waals surface area contributed by atoms with Crippen LogP contribution >= 0.6 is 15.9 Å². The molecule has 0 aromatic heterocycles. The second-order valence-corrected chi connectivity index (χ2v) is 7.08. The molecule has 0 radical (unpaired) electrons. The highest BCUT2D eigenvalue weighted by Crippen LogP contribution is 2.57. The topological polar surface area (TPSA) is 18.5 Å². The van der Waals surface area contributed by atoms with Crippen molar-refractivity contribution in [3.05, 3.63) is 0 Å². The Morgan fingerprint density at radius 2 is 1.94 bits per heavy atom. The van der Waals surface area contributed by atoms with Crippen LogP contribution in [-0.4, -0.2) is 30.8 Å². The lowest BCUT2D eigenvalue weighted by atomic mass is 9.65. The van der Waals surface area contributed by atoms with Crippen molar-refractivity contribution in [3.8, 4) is 0 Å². The molecule has 3 heteroatoms. The first-order chi connectivity index (χ1) is 8.15. The zero-order chi connectivity index (χ0) is 12.3. The Bertz CT molecular complexity index is 236. The molecule has 17 heavy (non-hydrogen) atoms. The van der Waals surface area contributed by atoms with Gasteiger partial charge in [-0.1, -0.05) is 42.6 Å². The lowest BCUT2D eigenvalue weighted by Crippen LogP contribution is -2.54. The summed E-state index contributed by atoms with van der Waals surface area (Å²) in [6, 6.07) is 0. The standard InChI is InChI=1S/C14H25BrO2/c1-11(2)10-16-7-8-17-13-9-12(15)14(13)5-3-4-6-14/h11-13H,3-10H2,1-2H3. The van der Waals surface area contributed by atoms with E-state index in [9.17, 15) is 0 Å². The summed E-state index contributed by atoms with van der Waals surface area (Å²) in [6.45, 7) is 6.71. The van der Waals surface area contributed by atoms with Gasteiger partial charge in [0.05, 0.1) is 19.3 Å². The zero-order valence-electron chi connectivity index (χ0n) is 11.1. The van der Waals surface area contributed by atoms with Gasteiger partial charge in [0, 0.05) is 16.8 Å². The molecule has 0 aromatic rings. The molecule has 0 aromatic carbocycles. The predicted molar refractivity (Wildman–Crippen MR) is 73.6 cm³/mol. The van der Waals surface area contributed by atoms with Crippen molar-refractivity contribution in [3.63, 3.8) is 0 Å². The molecule has 2 unspecified atom stereocenters. The molecule has 2 aliphatic rings. The van der Waals surface area contributed by atoms with E-state index in [0.717, 1.165) is 19.8 Å². The average molecular weight is 305 g/mol. The van der Waals surface area contributed by atoms with Gasteiger partial charge in [-0.15, -0.1) is 0 Å². The molecular formula is C14H25BrO2. The van der Waals surface area contributed by atoms with Crippen LogP contribution in [0.2, 0.25) is 0 Å². The van der Waals surface area contributed by atoms with Crippen molar-refractivity contribution >= 4 is 15.9 Å². The third-order valence-corrected chi connectivity index (χ3v) is 5.50. The maximum absolute atomic E-state index is 6.01. The Hall–Kier alpha value is 0.400. The smallest absolute Gasteiger partial charge is 0.0704 e. The molecule has 100 valence electrons. The molecule has 2 aliphatic carbocycles. The molecule has 2 rings (SSSR count). The first-order valence-electron chi connectivity index (χ1n) is 6.98. The molecule has 2 atom stereocenters. The number of hydrogen-bond donors (Lipinski definition) is 0. The number of hydrogen-bond acceptors (Lipinski definition) is 2. The number of rotatable bonds is 6. The minimum Gasteiger partial charge on any atom is -0.379 e. The van der Waals surface area contributed by atoms with Crippen LogP contribution < -0.4 is 0 Å². The normalized spacial score (nSPS) is 31.1. The van der Waals surface area contributed by atoms with Gasteiger partial charge in [0.2, 0.25) is 0 Å². The van der Waals surface area contributed by atoms with Crippen molar-refractivity contribution in [2.24, 2.45) is 11.3 Å². The third-order valence-electron chi connectivity index (χ3n) is 4.22. The van der Waals surface area contributed by atoms with E-state index in [2.05, 4.69) is 29.8 Å². The van der Waals surface area contributed by atoms with E-state index in [1.807, 2.05) is 0 Å². The summed E-state index contributed by atoms with van der Waals surface area (Å²) in [4.78, 5) is 0.694. The van der Waals surface area contributed by atoms with Crippen LogP contribution in [0.25, 0.3) is 0 Å². The lowest BCUT2D eigenvalue weighted by Gasteiger charge is -2.51. The largest absolute Gasteiger partial charge is 0.379 e. The van der Waals surface area contributed by atoms with E-state index >= 15 is 0 Å². The number of ether oxygens (including phenoxy) is 2. The molecule has 0 N–H and O–H groups in total. The molecule has 1 spiro atoms. The van der Waals surface area contributed by atoms with E-state index in [4.69, 9.17) is 9.47 Å². The highest BCUT2D eigenvalue weighted by atomic mass is 79.9. The summed E-state index contributed by atoms with van der Waals surface area (Å²) in [7, 11) is 0. The summed E-state index contributed by atoms with van der Waals surface area (Å²) in [5, 5.41) is 0. The molecule has 0 aliphatic heterocycles. The summed E-state index contributed by atoms with van der Waals surface area (Å²) >= 11 is 3.82. The molecule has 2 saturated carbocycles. The number of halogens is 1. The van der Waals surface area contributed by atoms with Crippen LogP contribution in [0, 0.1) is 11.3 Å². The summed E-state index contributed by atoms with van der Waals surface area (Å²) in [5.41, 5.74) is 0.470. The third kappa shape index (κ3) is 3.05. The van der Waals surface area contributed by atoms with E-state index < -0.39 is 0 Å². The molecule has 0 bridgehead atoms. The van der Waals surface area contributed by atoms with Crippen LogP contribution in [-0.2, 0) is 9.47 Å². The van der Waals surface area contributed by atoms with Gasteiger partial charge in [-0.3, -0.25) is 0 Å². The van der Waals surface area contributed by atoms with Gasteiger partial charge in [-0.05, 0) is 25.2 Å². The Morgan fingerprint density at radius 3 is 2.53 bits per heavy atom. The van der Waals surface area contributed by atoms with Crippen molar-refractivity contribution in [1.29, 1.82) is 0 Å². The Labute approximate surface area is 114 Å². The molecule has 0 amide bonds. The minimum atomic E-state index is 0.470. The maximum Gasteiger partial charge on any atom is 0.0704 e. The fourth-order valence-corrected chi connectivity index (χ4v) is 4.26. The number of alkyl halides is 1. The van der Waals surface area contributed by atoms with Crippen molar-refractivity contribution in [2.75, 3.05) is 19.8 Å². The maximum atomic E-state index is 6.01. The Kier molecular flexibility index (Phi) is 4.90. The lowest BCUT2D eigenvalue weighted by molar-refractivity contribution is -0.113. The Balaban J connectivity index is 1.63. The molecule has 0 heterocycles. The monoisotopic (exact) mass is 304 g/mol. The minimum absolute atomic E-state index is 0.470. The van der Waals surface area contributed by atoms with Crippen LogP contribution in [0.4, 0.5) is 0 Å². The molecule has 0 saturated heterocycles. The highest BCUT2D eigenvalue weighted by molar-refractivity contribution is 9.09.